The first-order valence-corrected chi connectivity index (χ1v) is 6.83. The Morgan fingerprint density at radius 3 is 2.40 bits per heavy atom. The summed E-state index contributed by atoms with van der Waals surface area (Å²) >= 11 is 3.29. The van der Waals surface area contributed by atoms with Crippen molar-refractivity contribution in [2.45, 2.75) is 26.8 Å². The Bertz CT molecular complexity index is 522. The van der Waals surface area contributed by atoms with Gasteiger partial charge in [0.15, 0.2) is 0 Å². The van der Waals surface area contributed by atoms with Crippen LogP contribution in [0.3, 0.4) is 0 Å². The van der Waals surface area contributed by atoms with Crippen LogP contribution in [-0.4, -0.2) is 30.1 Å². The Balaban J connectivity index is 3.04. The van der Waals surface area contributed by atoms with E-state index in [1.54, 1.807) is 39.0 Å². The average molecular weight is 344 g/mol. The molecule has 6 heteroatoms. The fourth-order valence-corrected chi connectivity index (χ4v) is 2.05. The van der Waals surface area contributed by atoms with Crippen LogP contribution in [-0.2, 0) is 4.79 Å². The number of ether oxygens (including phenoxy) is 1. The minimum Gasteiger partial charge on any atom is -0.496 e. The highest BCUT2D eigenvalue weighted by Crippen LogP contribution is 2.25. The number of amides is 1. The second kappa shape index (κ2) is 6.26. The topological polar surface area (TPSA) is 75.6 Å². The Kier molecular flexibility index (Phi) is 5.16. The maximum Gasteiger partial charge on any atom is 0.326 e. The quantitative estimate of drug-likeness (QED) is 0.881. The van der Waals surface area contributed by atoms with Gasteiger partial charge in [0.1, 0.15) is 11.8 Å². The maximum atomic E-state index is 12.2. The number of halogens is 1. The van der Waals surface area contributed by atoms with Crippen LogP contribution in [0.2, 0.25) is 0 Å². The lowest BCUT2D eigenvalue weighted by Crippen LogP contribution is -2.49. The van der Waals surface area contributed by atoms with Crippen molar-refractivity contribution in [2.24, 2.45) is 5.41 Å². The summed E-state index contributed by atoms with van der Waals surface area (Å²) in [6.45, 7) is 5.26. The van der Waals surface area contributed by atoms with Gasteiger partial charge in [-0.3, -0.25) is 4.79 Å². The third-order valence-corrected chi connectivity index (χ3v) is 3.29. The number of nitrogens with one attached hydrogen (secondary N) is 1. The highest BCUT2D eigenvalue weighted by molar-refractivity contribution is 9.10. The molecule has 5 nitrogen and oxygen atoms in total. The molecule has 0 unspecified atom stereocenters. The molecule has 0 spiro atoms. The first kappa shape index (κ1) is 16.5. The third-order valence-electron chi connectivity index (χ3n) is 2.80. The molecule has 1 aromatic carbocycles. The first-order valence-electron chi connectivity index (χ1n) is 6.04. The average Bonchev–Trinajstić information content (AvgIpc) is 2.33. The number of aliphatic carboxylic acids is 1. The van der Waals surface area contributed by atoms with E-state index >= 15 is 0 Å². The number of rotatable bonds is 4. The molecule has 1 rings (SSSR count). The van der Waals surface area contributed by atoms with E-state index in [1.807, 2.05) is 0 Å². The van der Waals surface area contributed by atoms with Gasteiger partial charge in [-0.2, -0.15) is 0 Å². The highest BCUT2D eigenvalue weighted by Gasteiger charge is 2.33. The fourth-order valence-electron chi connectivity index (χ4n) is 1.71. The summed E-state index contributed by atoms with van der Waals surface area (Å²) in [6.07, 6.45) is 0. The molecule has 0 aliphatic heterocycles. The maximum absolute atomic E-state index is 12.2. The number of carbonyl (C=O) groups is 2. The highest BCUT2D eigenvalue weighted by atomic mass is 79.9. The van der Waals surface area contributed by atoms with E-state index in [9.17, 15) is 14.7 Å². The summed E-state index contributed by atoms with van der Waals surface area (Å²) in [4.78, 5) is 23.5. The van der Waals surface area contributed by atoms with E-state index in [1.165, 1.54) is 7.11 Å². The van der Waals surface area contributed by atoms with Crippen LogP contribution in [0.4, 0.5) is 0 Å². The number of hydrogen-bond acceptors (Lipinski definition) is 3. The van der Waals surface area contributed by atoms with Gasteiger partial charge in [-0.1, -0.05) is 36.7 Å². The van der Waals surface area contributed by atoms with Crippen molar-refractivity contribution in [1.82, 2.24) is 5.32 Å². The van der Waals surface area contributed by atoms with E-state index < -0.39 is 23.3 Å². The Morgan fingerprint density at radius 1 is 1.35 bits per heavy atom. The van der Waals surface area contributed by atoms with Crippen LogP contribution in [0, 0.1) is 5.41 Å². The molecule has 0 aliphatic rings. The van der Waals surface area contributed by atoms with E-state index in [0.717, 1.165) is 4.47 Å². The van der Waals surface area contributed by atoms with Crippen LogP contribution < -0.4 is 10.1 Å². The molecule has 1 atom stereocenters. The van der Waals surface area contributed by atoms with Crippen molar-refractivity contribution in [3.8, 4) is 5.75 Å². The Hall–Kier alpha value is -1.56. The molecule has 0 fully saturated rings. The fraction of sp³-hybridized carbons (Fsp3) is 0.429. The van der Waals surface area contributed by atoms with Crippen molar-refractivity contribution in [3.05, 3.63) is 28.2 Å². The van der Waals surface area contributed by atoms with E-state index in [4.69, 9.17) is 4.74 Å². The van der Waals surface area contributed by atoms with E-state index in [2.05, 4.69) is 21.2 Å². The lowest BCUT2D eigenvalue weighted by molar-refractivity contribution is -0.142. The van der Waals surface area contributed by atoms with Crippen LogP contribution in [0.1, 0.15) is 31.1 Å². The van der Waals surface area contributed by atoms with Crippen LogP contribution in [0.5, 0.6) is 5.75 Å². The van der Waals surface area contributed by atoms with Gasteiger partial charge in [0, 0.05) is 4.47 Å². The molecule has 2 N–H and O–H groups in total. The molecule has 0 bridgehead atoms. The van der Waals surface area contributed by atoms with Crippen LogP contribution in [0.15, 0.2) is 22.7 Å². The monoisotopic (exact) mass is 343 g/mol. The predicted octanol–water partition coefficient (Wildman–Crippen LogP) is 2.69. The second-order valence-electron chi connectivity index (χ2n) is 5.46. The lowest BCUT2D eigenvalue weighted by Gasteiger charge is -2.28. The van der Waals surface area contributed by atoms with E-state index in [0.29, 0.717) is 11.3 Å². The van der Waals surface area contributed by atoms with Gasteiger partial charge < -0.3 is 15.2 Å². The number of methoxy groups -OCH3 is 1. The largest absolute Gasteiger partial charge is 0.496 e. The summed E-state index contributed by atoms with van der Waals surface area (Å²) in [5, 5.41) is 11.8. The SMILES string of the molecule is COc1cc(Br)ccc1C(=O)N[C@H](C(=O)O)C(C)(C)C. The van der Waals surface area contributed by atoms with Gasteiger partial charge >= 0.3 is 5.97 Å². The zero-order valence-corrected chi connectivity index (χ0v) is 13.4. The molecule has 0 heterocycles. The number of hydrogen-bond donors (Lipinski definition) is 2. The summed E-state index contributed by atoms with van der Waals surface area (Å²) in [5.74, 6) is -1.16. The molecule has 0 saturated carbocycles. The minimum atomic E-state index is -1.07. The van der Waals surface area contributed by atoms with Crippen molar-refractivity contribution in [2.75, 3.05) is 7.11 Å². The van der Waals surface area contributed by atoms with Crippen molar-refractivity contribution in [1.29, 1.82) is 0 Å². The zero-order valence-electron chi connectivity index (χ0n) is 11.9. The Morgan fingerprint density at radius 2 is 1.95 bits per heavy atom. The summed E-state index contributed by atoms with van der Waals surface area (Å²) in [7, 11) is 1.46. The normalized spacial score (nSPS) is 12.7. The molecule has 1 amide bonds. The summed E-state index contributed by atoms with van der Waals surface area (Å²) in [6, 6.07) is 3.95. The Labute approximate surface area is 126 Å². The molecule has 1 aromatic rings. The van der Waals surface area contributed by atoms with Crippen LogP contribution >= 0.6 is 15.9 Å². The second-order valence-corrected chi connectivity index (χ2v) is 6.37. The van der Waals surface area contributed by atoms with Crippen molar-refractivity contribution < 1.29 is 19.4 Å². The summed E-state index contributed by atoms with van der Waals surface area (Å²) in [5.41, 5.74) is -0.296. The number of benzene rings is 1. The van der Waals surface area contributed by atoms with Gasteiger partial charge in [-0.25, -0.2) is 4.79 Å². The molecule has 0 aliphatic carbocycles. The number of carboxylic acids is 1. The molecule has 110 valence electrons. The van der Waals surface area contributed by atoms with Gasteiger partial charge in [0.2, 0.25) is 0 Å². The molecule has 0 saturated heterocycles. The van der Waals surface area contributed by atoms with E-state index in [-0.39, 0.29) is 0 Å². The lowest BCUT2D eigenvalue weighted by atomic mass is 9.86. The van der Waals surface area contributed by atoms with Crippen molar-refractivity contribution in [3.63, 3.8) is 0 Å². The molecular weight excluding hydrogens is 326 g/mol. The zero-order chi connectivity index (χ0) is 15.5. The molecule has 0 aromatic heterocycles. The van der Waals surface area contributed by atoms with Crippen molar-refractivity contribution >= 4 is 27.8 Å². The number of carboxylic acid groups (broad SMARTS) is 1. The molecule has 20 heavy (non-hydrogen) atoms. The summed E-state index contributed by atoms with van der Waals surface area (Å²) < 4.78 is 5.91. The molecular formula is C14H18BrNO4. The van der Waals surface area contributed by atoms with Gasteiger partial charge in [0.05, 0.1) is 12.7 Å². The predicted molar refractivity (Wildman–Crippen MR) is 79.0 cm³/mol. The standard InChI is InChI=1S/C14H18BrNO4/c1-14(2,3)11(13(18)19)16-12(17)9-6-5-8(15)7-10(9)20-4/h5-7,11H,1-4H3,(H,16,17)(H,18,19)/t11-/m1/s1. The van der Waals surface area contributed by atoms with Gasteiger partial charge in [-0.15, -0.1) is 0 Å². The van der Waals surface area contributed by atoms with Gasteiger partial charge in [-0.05, 0) is 23.6 Å². The number of carbonyl (C=O) groups excluding carboxylic acids is 1. The molecule has 0 radical (unpaired) electrons. The van der Waals surface area contributed by atoms with Gasteiger partial charge in [0.25, 0.3) is 5.91 Å². The smallest absolute Gasteiger partial charge is 0.326 e. The van der Waals surface area contributed by atoms with Crippen LogP contribution in [0.25, 0.3) is 0 Å². The third kappa shape index (κ3) is 3.96. The minimum absolute atomic E-state index is 0.297. The first-order chi connectivity index (χ1) is 9.16.